The maximum atomic E-state index is 9.79. The van der Waals surface area contributed by atoms with Crippen molar-refractivity contribution in [2.24, 2.45) is 0 Å². The molecule has 13 heavy (non-hydrogen) atoms. The number of rotatable bonds is 1. The second-order valence-electron chi connectivity index (χ2n) is 3.74. The van der Waals surface area contributed by atoms with Gasteiger partial charge in [0.1, 0.15) is 0 Å². The van der Waals surface area contributed by atoms with Crippen LogP contribution in [0.2, 0.25) is 0 Å². The molecule has 0 radical (unpaired) electrons. The standard InChI is InChI=1S/C11H15NO/c13-11-6-2-1-5-10(11)9-4-3-7-12-8-9/h3-4,7-8,10-11,13H,1-2,5-6H2. The first-order valence-electron chi connectivity index (χ1n) is 4.96. The van der Waals surface area contributed by atoms with Gasteiger partial charge in [0.15, 0.2) is 0 Å². The Bertz CT molecular complexity index is 260. The van der Waals surface area contributed by atoms with Gasteiger partial charge in [-0.2, -0.15) is 0 Å². The highest BCUT2D eigenvalue weighted by Gasteiger charge is 2.24. The minimum absolute atomic E-state index is 0.155. The zero-order valence-electron chi connectivity index (χ0n) is 7.69. The van der Waals surface area contributed by atoms with Gasteiger partial charge in [-0.15, -0.1) is 0 Å². The lowest BCUT2D eigenvalue weighted by Crippen LogP contribution is -2.22. The second-order valence-corrected chi connectivity index (χ2v) is 3.74. The van der Waals surface area contributed by atoms with E-state index in [-0.39, 0.29) is 6.10 Å². The Kier molecular flexibility index (Phi) is 2.60. The minimum Gasteiger partial charge on any atom is -0.392 e. The molecule has 1 N–H and O–H groups in total. The molecule has 2 unspecified atom stereocenters. The lowest BCUT2D eigenvalue weighted by molar-refractivity contribution is 0.106. The highest BCUT2D eigenvalue weighted by atomic mass is 16.3. The first-order valence-corrected chi connectivity index (χ1v) is 4.96. The predicted octanol–water partition coefficient (Wildman–Crippen LogP) is 2.10. The summed E-state index contributed by atoms with van der Waals surface area (Å²) in [5.74, 6) is 0.322. The number of hydrogen-bond acceptors (Lipinski definition) is 2. The first kappa shape index (κ1) is 8.70. The molecule has 1 aromatic rings. The number of aliphatic hydroxyl groups excluding tert-OH is 1. The van der Waals surface area contributed by atoms with Crippen molar-refractivity contribution < 1.29 is 5.11 Å². The topological polar surface area (TPSA) is 33.1 Å². The molecule has 70 valence electrons. The summed E-state index contributed by atoms with van der Waals surface area (Å²) in [6.45, 7) is 0. The molecule has 2 heteroatoms. The van der Waals surface area contributed by atoms with E-state index in [1.165, 1.54) is 12.0 Å². The van der Waals surface area contributed by atoms with E-state index in [4.69, 9.17) is 0 Å². The molecule has 1 aromatic heterocycles. The molecule has 1 aliphatic rings. The molecule has 1 fully saturated rings. The van der Waals surface area contributed by atoms with E-state index < -0.39 is 0 Å². The Balaban J connectivity index is 2.15. The average Bonchev–Trinajstić information content (AvgIpc) is 2.20. The quantitative estimate of drug-likeness (QED) is 0.712. The van der Waals surface area contributed by atoms with Gasteiger partial charge in [0, 0.05) is 18.3 Å². The van der Waals surface area contributed by atoms with E-state index in [9.17, 15) is 5.11 Å². The molecule has 2 atom stereocenters. The zero-order chi connectivity index (χ0) is 9.10. The Morgan fingerprint density at radius 3 is 2.85 bits per heavy atom. The summed E-state index contributed by atoms with van der Waals surface area (Å²) in [7, 11) is 0. The number of aromatic nitrogens is 1. The van der Waals surface area contributed by atoms with Gasteiger partial charge in [-0.1, -0.05) is 18.9 Å². The second kappa shape index (κ2) is 3.88. The van der Waals surface area contributed by atoms with Crippen LogP contribution >= 0.6 is 0 Å². The van der Waals surface area contributed by atoms with Crippen LogP contribution in [0, 0.1) is 0 Å². The lowest BCUT2D eigenvalue weighted by Gasteiger charge is -2.27. The van der Waals surface area contributed by atoms with Crippen molar-refractivity contribution in [3.05, 3.63) is 30.1 Å². The molecule has 2 rings (SSSR count). The van der Waals surface area contributed by atoms with Crippen LogP contribution < -0.4 is 0 Å². The number of nitrogens with zero attached hydrogens (tertiary/aromatic N) is 1. The third-order valence-electron chi connectivity index (χ3n) is 2.84. The lowest BCUT2D eigenvalue weighted by atomic mass is 9.82. The van der Waals surface area contributed by atoms with Crippen molar-refractivity contribution in [2.45, 2.75) is 37.7 Å². The van der Waals surface area contributed by atoms with Gasteiger partial charge >= 0.3 is 0 Å². The summed E-state index contributed by atoms with van der Waals surface area (Å²) < 4.78 is 0. The third-order valence-corrected chi connectivity index (χ3v) is 2.84. The summed E-state index contributed by atoms with van der Waals surface area (Å²) in [5, 5.41) is 9.79. The van der Waals surface area contributed by atoms with Crippen molar-refractivity contribution in [3.8, 4) is 0 Å². The minimum atomic E-state index is -0.155. The molecule has 1 aliphatic carbocycles. The molecule has 0 spiro atoms. The third kappa shape index (κ3) is 1.89. The van der Waals surface area contributed by atoms with Crippen LogP contribution in [-0.2, 0) is 0 Å². The van der Waals surface area contributed by atoms with Crippen molar-refractivity contribution in [1.29, 1.82) is 0 Å². The van der Waals surface area contributed by atoms with Crippen molar-refractivity contribution in [1.82, 2.24) is 4.98 Å². The maximum absolute atomic E-state index is 9.79. The SMILES string of the molecule is OC1CCCCC1c1cccnc1. The molecule has 0 saturated heterocycles. The summed E-state index contributed by atoms with van der Waals surface area (Å²) >= 11 is 0. The van der Waals surface area contributed by atoms with Crippen molar-refractivity contribution in [2.75, 3.05) is 0 Å². The summed E-state index contributed by atoms with van der Waals surface area (Å²) in [6.07, 6.45) is 7.94. The Morgan fingerprint density at radius 2 is 2.15 bits per heavy atom. The van der Waals surface area contributed by atoms with Gasteiger partial charge in [0.05, 0.1) is 6.10 Å². The zero-order valence-corrected chi connectivity index (χ0v) is 7.69. The van der Waals surface area contributed by atoms with Gasteiger partial charge in [-0.05, 0) is 24.5 Å². The van der Waals surface area contributed by atoms with Crippen LogP contribution in [0.5, 0.6) is 0 Å². The van der Waals surface area contributed by atoms with Crippen LogP contribution in [0.3, 0.4) is 0 Å². The fourth-order valence-electron chi connectivity index (χ4n) is 2.10. The Labute approximate surface area is 78.6 Å². The molecule has 1 saturated carbocycles. The van der Waals surface area contributed by atoms with Crippen LogP contribution in [0.25, 0.3) is 0 Å². The largest absolute Gasteiger partial charge is 0.392 e. The fourth-order valence-corrected chi connectivity index (χ4v) is 2.10. The molecule has 2 nitrogen and oxygen atoms in total. The summed E-state index contributed by atoms with van der Waals surface area (Å²) in [5.41, 5.74) is 1.19. The fraction of sp³-hybridized carbons (Fsp3) is 0.545. The van der Waals surface area contributed by atoms with Gasteiger partial charge in [0.25, 0.3) is 0 Å². The molecular weight excluding hydrogens is 162 g/mol. The summed E-state index contributed by atoms with van der Waals surface area (Å²) in [6, 6.07) is 4.00. The van der Waals surface area contributed by atoms with Crippen LogP contribution in [0.4, 0.5) is 0 Å². The number of hydrogen-bond donors (Lipinski definition) is 1. The van der Waals surface area contributed by atoms with Crippen LogP contribution in [0.1, 0.15) is 37.2 Å². The Hall–Kier alpha value is -0.890. The monoisotopic (exact) mass is 177 g/mol. The normalized spacial score (nSPS) is 28.7. The van der Waals surface area contributed by atoms with Gasteiger partial charge < -0.3 is 5.11 Å². The average molecular weight is 177 g/mol. The maximum Gasteiger partial charge on any atom is 0.0609 e. The first-order chi connectivity index (χ1) is 6.38. The van der Waals surface area contributed by atoms with Gasteiger partial charge in [-0.3, -0.25) is 4.98 Å². The van der Waals surface area contributed by atoms with E-state index in [0.29, 0.717) is 5.92 Å². The number of aliphatic hydroxyl groups is 1. The van der Waals surface area contributed by atoms with Gasteiger partial charge in [0.2, 0.25) is 0 Å². The molecule has 1 heterocycles. The molecule has 0 aromatic carbocycles. The van der Waals surface area contributed by atoms with E-state index >= 15 is 0 Å². The van der Waals surface area contributed by atoms with Crippen molar-refractivity contribution in [3.63, 3.8) is 0 Å². The Morgan fingerprint density at radius 1 is 1.31 bits per heavy atom. The van der Waals surface area contributed by atoms with E-state index in [1.54, 1.807) is 6.20 Å². The molecule has 0 bridgehead atoms. The smallest absolute Gasteiger partial charge is 0.0609 e. The van der Waals surface area contributed by atoms with E-state index in [1.807, 2.05) is 12.3 Å². The van der Waals surface area contributed by atoms with Crippen LogP contribution in [-0.4, -0.2) is 16.2 Å². The van der Waals surface area contributed by atoms with E-state index in [2.05, 4.69) is 11.1 Å². The van der Waals surface area contributed by atoms with Crippen molar-refractivity contribution >= 4 is 0 Å². The summed E-state index contributed by atoms with van der Waals surface area (Å²) in [4.78, 5) is 4.08. The molecular formula is C11H15NO. The number of pyridine rings is 1. The van der Waals surface area contributed by atoms with E-state index in [0.717, 1.165) is 19.3 Å². The highest BCUT2D eigenvalue weighted by Crippen LogP contribution is 2.32. The molecule has 0 aliphatic heterocycles. The molecule has 0 amide bonds. The van der Waals surface area contributed by atoms with Gasteiger partial charge in [-0.25, -0.2) is 0 Å². The van der Waals surface area contributed by atoms with Crippen LogP contribution in [0.15, 0.2) is 24.5 Å². The highest BCUT2D eigenvalue weighted by molar-refractivity contribution is 5.16. The predicted molar refractivity (Wildman–Crippen MR) is 51.5 cm³/mol.